The standard InChI is InChI=1S/C13H20N2/c1-9-3-5-11(7-9)15-13-8-10(2)4-6-12(13)14/h4,6,8-9,11,15H,3,5,7,14H2,1-2H3. The van der Waals surface area contributed by atoms with E-state index in [-0.39, 0.29) is 0 Å². The topological polar surface area (TPSA) is 38.0 Å². The maximum absolute atomic E-state index is 5.94. The van der Waals surface area contributed by atoms with Crippen molar-refractivity contribution in [3.05, 3.63) is 23.8 Å². The lowest BCUT2D eigenvalue weighted by Crippen LogP contribution is -2.16. The van der Waals surface area contributed by atoms with E-state index < -0.39 is 0 Å². The molecule has 2 nitrogen and oxygen atoms in total. The van der Waals surface area contributed by atoms with Gasteiger partial charge in [0.05, 0.1) is 11.4 Å². The van der Waals surface area contributed by atoms with E-state index in [1.165, 1.54) is 24.8 Å². The van der Waals surface area contributed by atoms with Gasteiger partial charge in [-0.15, -0.1) is 0 Å². The molecule has 1 saturated carbocycles. The summed E-state index contributed by atoms with van der Waals surface area (Å²) in [6.45, 7) is 4.42. The maximum atomic E-state index is 5.94. The van der Waals surface area contributed by atoms with E-state index in [9.17, 15) is 0 Å². The average molecular weight is 204 g/mol. The summed E-state index contributed by atoms with van der Waals surface area (Å²) in [5.74, 6) is 0.855. The van der Waals surface area contributed by atoms with Gasteiger partial charge in [-0.2, -0.15) is 0 Å². The second-order valence-corrected chi connectivity index (χ2v) is 4.85. The first-order chi connectivity index (χ1) is 7.15. The summed E-state index contributed by atoms with van der Waals surface area (Å²) in [7, 11) is 0. The van der Waals surface area contributed by atoms with E-state index in [2.05, 4.69) is 31.3 Å². The van der Waals surface area contributed by atoms with Crippen molar-refractivity contribution in [2.75, 3.05) is 11.1 Å². The lowest BCUT2D eigenvalue weighted by molar-refractivity contribution is 0.602. The number of anilines is 2. The Kier molecular flexibility index (Phi) is 2.85. The number of nitrogen functional groups attached to an aromatic ring is 1. The van der Waals surface area contributed by atoms with Crippen LogP contribution < -0.4 is 11.1 Å². The van der Waals surface area contributed by atoms with Gasteiger partial charge in [0.15, 0.2) is 0 Å². The van der Waals surface area contributed by atoms with Gasteiger partial charge in [0.25, 0.3) is 0 Å². The third kappa shape index (κ3) is 2.44. The van der Waals surface area contributed by atoms with Gasteiger partial charge >= 0.3 is 0 Å². The van der Waals surface area contributed by atoms with E-state index in [4.69, 9.17) is 5.73 Å². The molecule has 2 unspecified atom stereocenters. The molecular weight excluding hydrogens is 184 g/mol. The van der Waals surface area contributed by atoms with Crippen molar-refractivity contribution in [1.29, 1.82) is 0 Å². The van der Waals surface area contributed by atoms with Crippen LogP contribution in [0.15, 0.2) is 18.2 Å². The minimum atomic E-state index is 0.615. The molecule has 2 atom stereocenters. The molecule has 15 heavy (non-hydrogen) atoms. The molecule has 1 aromatic rings. The number of aryl methyl sites for hydroxylation is 1. The van der Waals surface area contributed by atoms with Gasteiger partial charge in [0.2, 0.25) is 0 Å². The summed E-state index contributed by atoms with van der Waals surface area (Å²) in [5.41, 5.74) is 9.17. The third-order valence-electron chi connectivity index (χ3n) is 3.26. The summed E-state index contributed by atoms with van der Waals surface area (Å²) in [4.78, 5) is 0. The summed E-state index contributed by atoms with van der Waals surface area (Å²) in [5, 5.41) is 3.56. The van der Waals surface area contributed by atoms with Crippen molar-refractivity contribution in [3.8, 4) is 0 Å². The average Bonchev–Trinajstić information content (AvgIpc) is 2.58. The van der Waals surface area contributed by atoms with Crippen molar-refractivity contribution in [3.63, 3.8) is 0 Å². The molecule has 2 rings (SSSR count). The Morgan fingerprint density at radius 1 is 1.33 bits per heavy atom. The molecule has 0 radical (unpaired) electrons. The fraction of sp³-hybridized carbons (Fsp3) is 0.538. The third-order valence-corrected chi connectivity index (χ3v) is 3.26. The number of nitrogens with one attached hydrogen (secondary N) is 1. The lowest BCUT2D eigenvalue weighted by Gasteiger charge is -2.16. The van der Waals surface area contributed by atoms with E-state index in [0.717, 1.165) is 17.3 Å². The second kappa shape index (κ2) is 4.13. The monoisotopic (exact) mass is 204 g/mol. The number of benzene rings is 1. The Morgan fingerprint density at radius 2 is 2.13 bits per heavy atom. The smallest absolute Gasteiger partial charge is 0.0578 e. The first kappa shape index (κ1) is 10.3. The molecule has 2 heteroatoms. The molecule has 0 amide bonds. The Labute approximate surface area is 91.9 Å². The van der Waals surface area contributed by atoms with Crippen LogP contribution in [0.4, 0.5) is 11.4 Å². The van der Waals surface area contributed by atoms with Crippen molar-refractivity contribution in [2.24, 2.45) is 5.92 Å². The Bertz CT molecular complexity index is 346. The second-order valence-electron chi connectivity index (χ2n) is 4.85. The molecule has 0 bridgehead atoms. The highest BCUT2D eigenvalue weighted by atomic mass is 14.9. The first-order valence-electron chi connectivity index (χ1n) is 5.78. The van der Waals surface area contributed by atoms with Crippen LogP contribution in [0.2, 0.25) is 0 Å². The van der Waals surface area contributed by atoms with Crippen LogP contribution in [-0.2, 0) is 0 Å². The minimum absolute atomic E-state index is 0.615. The lowest BCUT2D eigenvalue weighted by atomic mass is 10.1. The fourth-order valence-corrected chi connectivity index (χ4v) is 2.35. The predicted octanol–water partition coefficient (Wildman–Crippen LogP) is 3.18. The molecule has 3 N–H and O–H groups in total. The van der Waals surface area contributed by atoms with E-state index in [0.29, 0.717) is 6.04 Å². The number of hydrogen-bond donors (Lipinski definition) is 2. The molecule has 1 aliphatic carbocycles. The molecule has 0 saturated heterocycles. The highest BCUT2D eigenvalue weighted by Gasteiger charge is 2.21. The van der Waals surface area contributed by atoms with Crippen LogP contribution in [-0.4, -0.2) is 6.04 Å². The molecule has 82 valence electrons. The van der Waals surface area contributed by atoms with Crippen molar-refractivity contribution in [2.45, 2.75) is 39.2 Å². The van der Waals surface area contributed by atoms with Crippen molar-refractivity contribution < 1.29 is 0 Å². The zero-order valence-corrected chi connectivity index (χ0v) is 9.59. The number of nitrogens with two attached hydrogens (primary N) is 1. The Morgan fingerprint density at radius 3 is 2.80 bits per heavy atom. The van der Waals surface area contributed by atoms with Gasteiger partial charge in [0.1, 0.15) is 0 Å². The van der Waals surface area contributed by atoms with Gasteiger partial charge in [-0.05, 0) is 49.8 Å². The van der Waals surface area contributed by atoms with Gasteiger partial charge in [0, 0.05) is 6.04 Å². The van der Waals surface area contributed by atoms with Crippen LogP contribution in [0, 0.1) is 12.8 Å². The highest BCUT2D eigenvalue weighted by Crippen LogP contribution is 2.29. The van der Waals surface area contributed by atoms with Gasteiger partial charge in [-0.3, -0.25) is 0 Å². The van der Waals surface area contributed by atoms with Crippen molar-refractivity contribution >= 4 is 11.4 Å². The quantitative estimate of drug-likeness (QED) is 0.726. The molecule has 0 aliphatic heterocycles. The first-order valence-corrected chi connectivity index (χ1v) is 5.78. The predicted molar refractivity (Wildman–Crippen MR) is 66.0 cm³/mol. The SMILES string of the molecule is Cc1ccc(N)c(NC2CCC(C)C2)c1. The fourth-order valence-electron chi connectivity index (χ4n) is 2.35. The molecular formula is C13H20N2. The molecule has 1 fully saturated rings. The summed E-state index contributed by atoms with van der Waals surface area (Å²) < 4.78 is 0. The number of hydrogen-bond acceptors (Lipinski definition) is 2. The van der Waals surface area contributed by atoms with E-state index >= 15 is 0 Å². The zero-order chi connectivity index (χ0) is 10.8. The molecule has 0 aromatic heterocycles. The largest absolute Gasteiger partial charge is 0.397 e. The van der Waals surface area contributed by atoms with Gasteiger partial charge < -0.3 is 11.1 Å². The molecule has 0 heterocycles. The highest BCUT2D eigenvalue weighted by molar-refractivity contribution is 5.67. The van der Waals surface area contributed by atoms with Crippen LogP contribution in [0.5, 0.6) is 0 Å². The molecule has 1 aromatic carbocycles. The molecule has 1 aliphatic rings. The van der Waals surface area contributed by atoms with Crippen LogP contribution in [0.25, 0.3) is 0 Å². The Hall–Kier alpha value is -1.18. The summed E-state index contributed by atoms with van der Waals surface area (Å²) >= 11 is 0. The van der Waals surface area contributed by atoms with Crippen molar-refractivity contribution in [1.82, 2.24) is 0 Å². The molecule has 0 spiro atoms. The van der Waals surface area contributed by atoms with Gasteiger partial charge in [-0.1, -0.05) is 13.0 Å². The minimum Gasteiger partial charge on any atom is -0.397 e. The zero-order valence-electron chi connectivity index (χ0n) is 9.59. The van der Waals surface area contributed by atoms with Gasteiger partial charge in [-0.25, -0.2) is 0 Å². The summed E-state index contributed by atoms with van der Waals surface area (Å²) in [6.07, 6.45) is 3.88. The van der Waals surface area contributed by atoms with E-state index in [1.807, 2.05) is 6.07 Å². The summed E-state index contributed by atoms with van der Waals surface area (Å²) in [6, 6.07) is 6.79. The Balaban J connectivity index is 2.07. The number of rotatable bonds is 2. The van der Waals surface area contributed by atoms with Crippen LogP contribution in [0.1, 0.15) is 31.7 Å². The van der Waals surface area contributed by atoms with Crippen LogP contribution >= 0.6 is 0 Å². The van der Waals surface area contributed by atoms with E-state index in [1.54, 1.807) is 0 Å². The van der Waals surface area contributed by atoms with Crippen LogP contribution in [0.3, 0.4) is 0 Å². The maximum Gasteiger partial charge on any atom is 0.0578 e. The normalized spacial score (nSPS) is 25.5.